The molecule has 0 radical (unpaired) electrons. The van der Waals surface area contributed by atoms with Crippen molar-refractivity contribution in [2.45, 2.75) is 13.3 Å². The lowest BCUT2D eigenvalue weighted by atomic mass is 10.1. The molecule has 1 aromatic carbocycles. The first kappa shape index (κ1) is 12.3. The van der Waals surface area contributed by atoms with E-state index in [0.29, 0.717) is 12.0 Å². The molecule has 0 amide bonds. The Morgan fingerprint density at radius 2 is 1.93 bits per heavy atom. The van der Waals surface area contributed by atoms with Gasteiger partial charge in [0.1, 0.15) is 0 Å². The van der Waals surface area contributed by atoms with Crippen LogP contribution in [-0.2, 0) is 0 Å². The zero-order chi connectivity index (χ0) is 11.4. The summed E-state index contributed by atoms with van der Waals surface area (Å²) in [6.45, 7) is 1.67. The van der Waals surface area contributed by atoms with Crippen molar-refractivity contribution in [3.05, 3.63) is 41.2 Å². The molecule has 0 aliphatic carbocycles. The highest BCUT2D eigenvalue weighted by atomic mass is 79.9. The molecular formula is C11H10BrF3. The first-order valence-electron chi connectivity index (χ1n) is 4.44. The molecule has 4 heteroatoms. The highest BCUT2D eigenvalue weighted by Gasteiger charge is 2.13. The molecule has 0 spiro atoms. The van der Waals surface area contributed by atoms with Gasteiger partial charge in [-0.2, -0.15) is 0 Å². The molecular weight excluding hydrogens is 269 g/mol. The summed E-state index contributed by atoms with van der Waals surface area (Å²) in [6.07, 6.45) is 2.48. The smallest absolute Gasteiger partial charge is 0.195 e. The largest absolute Gasteiger partial charge is 0.204 e. The first-order valence-corrected chi connectivity index (χ1v) is 5.56. The molecule has 0 unspecified atom stereocenters. The van der Waals surface area contributed by atoms with Crippen LogP contribution >= 0.6 is 15.9 Å². The number of benzene rings is 1. The lowest BCUT2D eigenvalue weighted by Crippen LogP contribution is -1.95. The van der Waals surface area contributed by atoms with Crippen molar-refractivity contribution in [3.8, 4) is 0 Å². The van der Waals surface area contributed by atoms with E-state index in [-0.39, 0.29) is 5.56 Å². The standard InChI is InChI=1S/C11H10BrF3/c1-7(3-2-6-12)8-4-5-9(13)11(15)10(8)14/h3-5H,2,6H2,1H3. The van der Waals surface area contributed by atoms with Crippen LogP contribution in [0.3, 0.4) is 0 Å². The Morgan fingerprint density at radius 1 is 1.27 bits per heavy atom. The SMILES string of the molecule is CC(=CCCBr)c1ccc(F)c(F)c1F. The van der Waals surface area contributed by atoms with Gasteiger partial charge in [-0.25, -0.2) is 13.2 Å². The molecule has 15 heavy (non-hydrogen) atoms. The van der Waals surface area contributed by atoms with Gasteiger partial charge in [0.15, 0.2) is 17.5 Å². The van der Waals surface area contributed by atoms with Gasteiger partial charge >= 0.3 is 0 Å². The Morgan fingerprint density at radius 3 is 2.53 bits per heavy atom. The van der Waals surface area contributed by atoms with Crippen LogP contribution in [0.15, 0.2) is 18.2 Å². The average Bonchev–Trinajstić information content (AvgIpc) is 2.23. The van der Waals surface area contributed by atoms with Crippen LogP contribution in [0, 0.1) is 17.5 Å². The maximum absolute atomic E-state index is 13.3. The Kier molecular flexibility index (Phi) is 4.39. The van der Waals surface area contributed by atoms with E-state index in [1.165, 1.54) is 6.07 Å². The predicted octanol–water partition coefficient (Wildman–Crippen LogP) is 4.29. The first-order chi connectivity index (χ1) is 7.07. The Labute approximate surface area is 94.9 Å². The van der Waals surface area contributed by atoms with Crippen LogP contribution in [0.25, 0.3) is 5.57 Å². The highest BCUT2D eigenvalue weighted by molar-refractivity contribution is 9.09. The Hall–Kier alpha value is -0.770. The average molecular weight is 279 g/mol. The van der Waals surface area contributed by atoms with Crippen LogP contribution in [-0.4, -0.2) is 5.33 Å². The minimum absolute atomic E-state index is 0.106. The summed E-state index contributed by atoms with van der Waals surface area (Å²) in [5.74, 6) is -3.71. The van der Waals surface area contributed by atoms with Gasteiger partial charge in [-0.05, 0) is 31.1 Å². The lowest BCUT2D eigenvalue weighted by molar-refractivity contribution is 0.445. The van der Waals surface area contributed by atoms with E-state index in [1.54, 1.807) is 13.0 Å². The third-order valence-corrected chi connectivity index (χ3v) is 2.48. The molecule has 0 bridgehead atoms. The van der Waals surface area contributed by atoms with Gasteiger partial charge in [-0.15, -0.1) is 0 Å². The number of alkyl halides is 1. The van der Waals surface area contributed by atoms with Gasteiger partial charge in [-0.1, -0.05) is 22.0 Å². The zero-order valence-electron chi connectivity index (χ0n) is 8.16. The van der Waals surface area contributed by atoms with E-state index in [4.69, 9.17) is 0 Å². The maximum atomic E-state index is 13.3. The van der Waals surface area contributed by atoms with Crippen molar-refractivity contribution in [3.63, 3.8) is 0 Å². The topological polar surface area (TPSA) is 0 Å². The van der Waals surface area contributed by atoms with E-state index >= 15 is 0 Å². The number of allylic oxidation sites excluding steroid dienone is 2. The van der Waals surface area contributed by atoms with Crippen LogP contribution < -0.4 is 0 Å². The second-order valence-corrected chi connectivity index (χ2v) is 3.88. The molecule has 1 aromatic rings. The van der Waals surface area contributed by atoms with Gasteiger partial charge in [0.25, 0.3) is 0 Å². The summed E-state index contributed by atoms with van der Waals surface area (Å²) in [7, 11) is 0. The summed E-state index contributed by atoms with van der Waals surface area (Å²) in [5, 5.41) is 0.746. The zero-order valence-corrected chi connectivity index (χ0v) is 9.74. The van der Waals surface area contributed by atoms with Gasteiger partial charge < -0.3 is 0 Å². The van der Waals surface area contributed by atoms with Gasteiger partial charge in [0.05, 0.1) is 0 Å². The third-order valence-electron chi connectivity index (χ3n) is 2.02. The predicted molar refractivity (Wildman–Crippen MR) is 58.4 cm³/mol. The van der Waals surface area contributed by atoms with E-state index in [0.717, 1.165) is 11.4 Å². The van der Waals surface area contributed by atoms with Crippen molar-refractivity contribution >= 4 is 21.5 Å². The van der Waals surface area contributed by atoms with E-state index in [1.807, 2.05) is 0 Å². The molecule has 0 aromatic heterocycles. The second kappa shape index (κ2) is 5.35. The van der Waals surface area contributed by atoms with E-state index < -0.39 is 17.5 Å². The van der Waals surface area contributed by atoms with Crippen molar-refractivity contribution in [2.24, 2.45) is 0 Å². The maximum Gasteiger partial charge on any atom is 0.195 e. The second-order valence-electron chi connectivity index (χ2n) is 3.09. The lowest BCUT2D eigenvalue weighted by Gasteiger charge is -2.04. The number of hydrogen-bond donors (Lipinski definition) is 0. The Balaban J connectivity index is 3.10. The molecule has 1 rings (SSSR count). The highest BCUT2D eigenvalue weighted by Crippen LogP contribution is 2.22. The van der Waals surface area contributed by atoms with Crippen molar-refractivity contribution in [2.75, 3.05) is 5.33 Å². The Bertz CT molecular complexity index is 386. The van der Waals surface area contributed by atoms with Gasteiger partial charge in [0, 0.05) is 10.9 Å². The molecule has 0 nitrogen and oxygen atoms in total. The number of halogens is 4. The van der Waals surface area contributed by atoms with Crippen molar-refractivity contribution in [1.29, 1.82) is 0 Å². The van der Waals surface area contributed by atoms with Crippen LogP contribution in [0.5, 0.6) is 0 Å². The third kappa shape index (κ3) is 2.84. The van der Waals surface area contributed by atoms with Crippen LogP contribution in [0.2, 0.25) is 0 Å². The summed E-state index contributed by atoms with van der Waals surface area (Å²) in [4.78, 5) is 0. The molecule has 0 aliphatic rings. The van der Waals surface area contributed by atoms with Crippen molar-refractivity contribution in [1.82, 2.24) is 0 Å². The van der Waals surface area contributed by atoms with Crippen LogP contribution in [0.1, 0.15) is 18.9 Å². The van der Waals surface area contributed by atoms with Crippen molar-refractivity contribution < 1.29 is 13.2 Å². The van der Waals surface area contributed by atoms with Gasteiger partial charge in [0.2, 0.25) is 0 Å². The fraction of sp³-hybridized carbons (Fsp3) is 0.273. The van der Waals surface area contributed by atoms with E-state index in [9.17, 15) is 13.2 Å². The molecule has 82 valence electrons. The summed E-state index contributed by atoms with van der Waals surface area (Å²) >= 11 is 3.22. The van der Waals surface area contributed by atoms with Crippen LogP contribution in [0.4, 0.5) is 13.2 Å². The summed E-state index contributed by atoms with van der Waals surface area (Å²) < 4.78 is 38.8. The molecule has 0 N–H and O–H groups in total. The quantitative estimate of drug-likeness (QED) is 0.572. The fourth-order valence-electron chi connectivity index (χ4n) is 1.21. The monoisotopic (exact) mass is 278 g/mol. The minimum atomic E-state index is -1.42. The molecule has 0 atom stereocenters. The molecule has 0 saturated heterocycles. The minimum Gasteiger partial charge on any atom is -0.204 e. The molecule has 0 fully saturated rings. The molecule has 0 heterocycles. The normalized spacial score (nSPS) is 11.9. The number of hydrogen-bond acceptors (Lipinski definition) is 0. The molecule has 0 saturated carbocycles. The van der Waals surface area contributed by atoms with E-state index in [2.05, 4.69) is 15.9 Å². The van der Waals surface area contributed by atoms with Gasteiger partial charge in [-0.3, -0.25) is 0 Å². The summed E-state index contributed by atoms with van der Waals surface area (Å²) in [6, 6.07) is 2.17. The fourth-order valence-corrected chi connectivity index (χ4v) is 1.44. The number of rotatable bonds is 3. The molecule has 0 aliphatic heterocycles. The summed E-state index contributed by atoms with van der Waals surface area (Å²) in [5.41, 5.74) is 0.709.